The topological polar surface area (TPSA) is 84.3 Å². The molecule has 2 N–H and O–H groups in total. The van der Waals surface area contributed by atoms with Gasteiger partial charge in [-0.3, -0.25) is 10.1 Å². The fourth-order valence-electron chi connectivity index (χ4n) is 1.48. The van der Waals surface area contributed by atoms with E-state index in [1.54, 1.807) is 18.2 Å². The number of rotatable bonds is 3. The van der Waals surface area contributed by atoms with Crippen molar-refractivity contribution in [1.82, 2.24) is 10.2 Å². The van der Waals surface area contributed by atoms with Crippen molar-refractivity contribution < 1.29 is 14.6 Å². The Morgan fingerprint density at radius 2 is 2.40 bits per heavy atom. The van der Waals surface area contributed by atoms with Gasteiger partial charge in [-0.2, -0.15) is 0 Å². The summed E-state index contributed by atoms with van der Waals surface area (Å²) in [5.41, 5.74) is 2.48. The molecule has 2 rings (SSSR count). The van der Waals surface area contributed by atoms with Crippen molar-refractivity contribution in [3.63, 3.8) is 0 Å². The number of aliphatic hydroxyl groups is 1. The number of hydrogen-bond acceptors (Lipinski definition) is 6. The highest BCUT2D eigenvalue weighted by Gasteiger charge is 2.10. The molecule has 0 radical (unpaired) electrons. The molecule has 20 heavy (non-hydrogen) atoms. The third-order valence-corrected chi connectivity index (χ3v) is 2.95. The predicted octanol–water partition coefficient (Wildman–Crippen LogP) is 1.14. The van der Waals surface area contributed by atoms with E-state index in [1.807, 2.05) is 0 Å². The van der Waals surface area contributed by atoms with E-state index in [2.05, 4.69) is 27.4 Å². The summed E-state index contributed by atoms with van der Waals surface area (Å²) in [6, 6.07) is 4.87. The van der Waals surface area contributed by atoms with Gasteiger partial charge in [-0.25, -0.2) is 0 Å². The Balaban J connectivity index is 2.26. The zero-order chi connectivity index (χ0) is 14.4. The number of anilines is 1. The van der Waals surface area contributed by atoms with Crippen LogP contribution in [-0.4, -0.2) is 34.9 Å². The minimum absolute atomic E-state index is 0.260. The van der Waals surface area contributed by atoms with Crippen molar-refractivity contribution in [3.8, 4) is 17.6 Å². The van der Waals surface area contributed by atoms with Gasteiger partial charge in [0.2, 0.25) is 5.13 Å². The maximum Gasteiger partial charge on any atom is 0.257 e. The molecule has 0 unspecified atom stereocenters. The van der Waals surface area contributed by atoms with Crippen LogP contribution in [0.2, 0.25) is 0 Å². The second-order valence-corrected chi connectivity index (χ2v) is 4.41. The average Bonchev–Trinajstić information content (AvgIpc) is 2.97. The molecular weight excluding hydrogens is 278 g/mol. The molecule has 0 atom stereocenters. The van der Waals surface area contributed by atoms with E-state index in [0.29, 0.717) is 22.0 Å². The summed E-state index contributed by atoms with van der Waals surface area (Å²) in [6.07, 6.45) is 0. The van der Waals surface area contributed by atoms with Gasteiger partial charge in [-0.15, -0.1) is 10.2 Å². The maximum absolute atomic E-state index is 12.0. The SMILES string of the molecule is COc1ccc(C(=O)Nc2nncs2)cc1C#CCO. The molecule has 0 saturated heterocycles. The Morgan fingerprint density at radius 3 is 3.05 bits per heavy atom. The maximum atomic E-state index is 12.0. The zero-order valence-corrected chi connectivity index (χ0v) is 11.4. The molecule has 1 heterocycles. The average molecular weight is 289 g/mol. The minimum atomic E-state index is -0.309. The van der Waals surface area contributed by atoms with Gasteiger partial charge in [-0.05, 0) is 18.2 Å². The van der Waals surface area contributed by atoms with E-state index in [0.717, 1.165) is 0 Å². The van der Waals surface area contributed by atoms with Crippen molar-refractivity contribution >= 4 is 22.4 Å². The van der Waals surface area contributed by atoms with Crippen LogP contribution >= 0.6 is 11.3 Å². The third kappa shape index (κ3) is 3.32. The first kappa shape index (κ1) is 14.0. The minimum Gasteiger partial charge on any atom is -0.495 e. The quantitative estimate of drug-likeness (QED) is 0.828. The van der Waals surface area contributed by atoms with Gasteiger partial charge >= 0.3 is 0 Å². The molecule has 0 saturated carbocycles. The Kier molecular flexibility index (Phi) is 4.65. The third-order valence-electron chi connectivity index (χ3n) is 2.34. The molecule has 0 spiro atoms. The van der Waals surface area contributed by atoms with Gasteiger partial charge in [-0.1, -0.05) is 23.2 Å². The van der Waals surface area contributed by atoms with Gasteiger partial charge in [0.05, 0.1) is 12.7 Å². The van der Waals surface area contributed by atoms with E-state index < -0.39 is 0 Å². The second kappa shape index (κ2) is 6.65. The number of nitrogens with one attached hydrogen (secondary N) is 1. The van der Waals surface area contributed by atoms with Crippen LogP contribution in [-0.2, 0) is 0 Å². The lowest BCUT2D eigenvalue weighted by atomic mass is 10.1. The molecule has 102 valence electrons. The Morgan fingerprint density at radius 1 is 1.55 bits per heavy atom. The Bertz CT molecular complexity index is 659. The van der Waals surface area contributed by atoms with Crippen LogP contribution in [0.3, 0.4) is 0 Å². The fourth-order valence-corrected chi connectivity index (χ4v) is 1.92. The van der Waals surface area contributed by atoms with Crippen LogP contribution < -0.4 is 10.1 Å². The number of hydrogen-bond donors (Lipinski definition) is 2. The van der Waals surface area contributed by atoms with Crippen LogP contribution in [0.1, 0.15) is 15.9 Å². The number of methoxy groups -OCH3 is 1. The molecule has 0 aliphatic rings. The normalized spacial score (nSPS) is 9.50. The number of nitrogens with zero attached hydrogens (tertiary/aromatic N) is 2. The number of benzene rings is 1. The van der Waals surface area contributed by atoms with Crippen LogP contribution in [0.5, 0.6) is 5.75 Å². The van der Waals surface area contributed by atoms with E-state index in [1.165, 1.54) is 24.0 Å². The van der Waals surface area contributed by atoms with Gasteiger partial charge in [0, 0.05) is 5.56 Å². The lowest BCUT2D eigenvalue weighted by Crippen LogP contribution is -2.12. The highest BCUT2D eigenvalue weighted by atomic mass is 32.1. The first-order valence-electron chi connectivity index (χ1n) is 5.60. The molecule has 2 aromatic rings. The molecule has 0 aliphatic carbocycles. The van der Waals surface area contributed by atoms with Crippen molar-refractivity contribution in [3.05, 3.63) is 34.8 Å². The smallest absolute Gasteiger partial charge is 0.257 e. The predicted molar refractivity (Wildman–Crippen MR) is 74.8 cm³/mol. The Hall–Kier alpha value is -2.43. The Labute approximate surface area is 119 Å². The number of aliphatic hydroxyl groups excluding tert-OH is 1. The van der Waals surface area contributed by atoms with Crippen molar-refractivity contribution in [2.24, 2.45) is 0 Å². The van der Waals surface area contributed by atoms with Crippen LogP contribution in [0.4, 0.5) is 5.13 Å². The summed E-state index contributed by atoms with van der Waals surface area (Å²) in [5.74, 6) is 5.49. The summed E-state index contributed by atoms with van der Waals surface area (Å²) in [4.78, 5) is 12.0. The number of carbonyl (C=O) groups excluding carboxylic acids is 1. The first-order chi connectivity index (χ1) is 9.74. The van der Waals surface area contributed by atoms with Crippen molar-refractivity contribution in [2.75, 3.05) is 19.0 Å². The van der Waals surface area contributed by atoms with Gasteiger partial charge in [0.1, 0.15) is 17.9 Å². The zero-order valence-electron chi connectivity index (χ0n) is 10.6. The molecule has 0 fully saturated rings. The lowest BCUT2D eigenvalue weighted by Gasteiger charge is -2.06. The van der Waals surface area contributed by atoms with Crippen molar-refractivity contribution in [2.45, 2.75) is 0 Å². The fraction of sp³-hybridized carbons (Fsp3) is 0.154. The molecule has 7 heteroatoms. The second-order valence-electron chi connectivity index (χ2n) is 3.57. The summed E-state index contributed by atoms with van der Waals surface area (Å²) in [7, 11) is 1.51. The van der Waals surface area contributed by atoms with E-state index in [4.69, 9.17) is 9.84 Å². The van der Waals surface area contributed by atoms with Crippen molar-refractivity contribution in [1.29, 1.82) is 0 Å². The summed E-state index contributed by atoms with van der Waals surface area (Å²) in [5, 5.41) is 19.2. The van der Waals surface area contributed by atoms with E-state index >= 15 is 0 Å². The van der Waals surface area contributed by atoms with Crippen LogP contribution in [0, 0.1) is 11.8 Å². The summed E-state index contributed by atoms with van der Waals surface area (Å²) >= 11 is 1.23. The number of amides is 1. The van der Waals surface area contributed by atoms with E-state index in [9.17, 15) is 4.79 Å². The molecule has 1 amide bonds. The summed E-state index contributed by atoms with van der Waals surface area (Å²) < 4.78 is 5.15. The first-order valence-corrected chi connectivity index (χ1v) is 6.48. The molecule has 1 aromatic heterocycles. The largest absolute Gasteiger partial charge is 0.495 e. The number of carbonyl (C=O) groups is 1. The summed E-state index contributed by atoms with van der Waals surface area (Å²) in [6.45, 7) is -0.260. The highest BCUT2D eigenvalue weighted by Crippen LogP contribution is 2.20. The van der Waals surface area contributed by atoms with E-state index in [-0.39, 0.29) is 12.5 Å². The molecule has 1 aromatic carbocycles. The van der Waals surface area contributed by atoms with Gasteiger partial charge in [0.15, 0.2) is 0 Å². The van der Waals surface area contributed by atoms with Gasteiger partial charge in [0.25, 0.3) is 5.91 Å². The standard InChI is InChI=1S/C13H11N3O3S/c1-19-11-5-4-10(7-9(11)3-2-6-17)12(18)15-13-16-14-8-20-13/h4-5,7-8,17H,6H2,1H3,(H,15,16,18). The highest BCUT2D eigenvalue weighted by molar-refractivity contribution is 7.13. The molecule has 6 nitrogen and oxygen atoms in total. The molecule has 0 aliphatic heterocycles. The van der Waals surface area contributed by atoms with Crippen LogP contribution in [0.25, 0.3) is 0 Å². The number of ether oxygens (including phenoxy) is 1. The molecule has 0 bridgehead atoms. The van der Waals surface area contributed by atoms with Crippen LogP contribution in [0.15, 0.2) is 23.7 Å². The monoisotopic (exact) mass is 289 g/mol. The lowest BCUT2D eigenvalue weighted by molar-refractivity contribution is 0.102. The molecular formula is C13H11N3O3S. The number of aromatic nitrogens is 2. The van der Waals surface area contributed by atoms with Gasteiger partial charge < -0.3 is 9.84 Å².